The Hall–Kier alpha value is -2.21. The molecule has 0 amide bonds. The van der Waals surface area contributed by atoms with Crippen molar-refractivity contribution in [1.29, 1.82) is 0 Å². The molecule has 3 aromatic rings. The maximum absolute atomic E-state index is 13.1. The fourth-order valence-electron chi connectivity index (χ4n) is 3.15. The molecule has 0 spiro atoms. The molecule has 0 unspecified atom stereocenters. The lowest BCUT2D eigenvalue weighted by Gasteiger charge is -2.33. The number of halogens is 1. The van der Waals surface area contributed by atoms with Crippen LogP contribution in [0.1, 0.15) is 10.7 Å². The fourth-order valence-corrected chi connectivity index (χ4v) is 5.33. The summed E-state index contributed by atoms with van der Waals surface area (Å²) in [5.74, 6) is -0.472. The summed E-state index contributed by atoms with van der Waals surface area (Å²) in [6, 6.07) is 6.31. The fraction of sp³-hybridized carbons (Fsp3) is 0.353. The second-order valence-electron chi connectivity index (χ2n) is 6.54. The van der Waals surface area contributed by atoms with E-state index >= 15 is 0 Å². The zero-order valence-corrected chi connectivity index (χ0v) is 16.7. The molecule has 4 rings (SSSR count). The van der Waals surface area contributed by atoms with Crippen LogP contribution in [0.15, 0.2) is 40.0 Å². The molecule has 0 atom stereocenters. The van der Waals surface area contributed by atoms with Crippen molar-refractivity contribution in [2.75, 3.05) is 26.2 Å². The summed E-state index contributed by atoms with van der Waals surface area (Å²) in [4.78, 5) is 19.3. The predicted molar refractivity (Wildman–Crippen MR) is 102 cm³/mol. The monoisotopic (exact) mass is 423 g/mol. The summed E-state index contributed by atoms with van der Waals surface area (Å²) in [5.41, 5.74) is 0.422. The Morgan fingerprint density at radius 1 is 1.14 bits per heavy atom. The van der Waals surface area contributed by atoms with E-state index in [1.807, 2.05) is 6.92 Å². The number of sulfonamides is 1. The maximum atomic E-state index is 13.1. The van der Waals surface area contributed by atoms with Gasteiger partial charge in [0.05, 0.1) is 10.6 Å². The third-order valence-corrected chi connectivity index (χ3v) is 7.30. The first-order chi connectivity index (χ1) is 13.3. The number of aromatic nitrogens is 3. The molecule has 148 valence electrons. The minimum Gasteiger partial charge on any atom is -0.295 e. The van der Waals surface area contributed by atoms with Crippen LogP contribution in [0.5, 0.6) is 0 Å². The average molecular weight is 423 g/mol. The summed E-state index contributed by atoms with van der Waals surface area (Å²) in [6.07, 6.45) is 0. The van der Waals surface area contributed by atoms with Gasteiger partial charge in [0, 0.05) is 38.8 Å². The molecule has 28 heavy (non-hydrogen) atoms. The summed E-state index contributed by atoms with van der Waals surface area (Å²) in [5, 5.41) is 4.89. The minimum absolute atomic E-state index is 0.0862. The van der Waals surface area contributed by atoms with E-state index in [1.54, 1.807) is 0 Å². The predicted octanol–water partition coefficient (Wildman–Crippen LogP) is 1.11. The molecule has 0 aliphatic carbocycles. The minimum atomic E-state index is -3.64. The normalized spacial score (nSPS) is 16.6. The molecule has 0 radical (unpaired) electrons. The molecule has 1 aliphatic heterocycles. The third-order valence-electron chi connectivity index (χ3n) is 4.57. The largest absolute Gasteiger partial charge is 0.295 e. The topological polar surface area (TPSA) is 87.9 Å². The second kappa shape index (κ2) is 7.32. The summed E-state index contributed by atoms with van der Waals surface area (Å²) in [7, 11) is -3.64. The Morgan fingerprint density at radius 3 is 2.50 bits per heavy atom. The number of rotatable bonds is 4. The Morgan fingerprint density at radius 2 is 1.82 bits per heavy atom. The molecule has 3 heterocycles. The van der Waals surface area contributed by atoms with Gasteiger partial charge < -0.3 is 0 Å². The van der Waals surface area contributed by atoms with Crippen LogP contribution in [0.2, 0.25) is 0 Å². The van der Waals surface area contributed by atoms with E-state index in [2.05, 4.69) is 15.0 Å². The van der Waals surface area contributed by atoms with Gasteiger partial charge in [-0.2, -0.15) is 13.9 Å². The van der Waals surface area contributed by atoms with Gasteiger partial charge in [0.2, 0.25) is 15.0 Å². The van der Waals surface area contributed by atoms with Crippen molar-refractivity contribution in [3.8, 4) is 0 Å². The Kier molecular flexibility index (Phi) is 5.00. The quantitative estimate of drug-likeness (QED) is 0.625. The zero-order valence-electron chi connectivity index (χ0n) is 15.1. The van der Waals surface area contributed by atoms with E-state index in [1.165, 1.54) is 38.4 Å². The molecule has 11 heteroatoms. The highest BCUT2D eigenvalue weighted by Crippen LogP contribution is 2.19. The molecule has 0 N–H and O–H groups in total. The van der Waals surface area contributed by atoms with Crippen LogP contribution in [0.25, 0.3) is 4.96 Å². The maximum Gasteiger partial charge on any atom is 0.275 e. The van der Waals surface area contributed by atoms with Crippen molar-refractivity contribution in [3.63, 3.8) is 0 Å². The molecule has 0 saturated carbocycles. The number of nitrogens with zero attached hydrogens (tertiary/aromatic N) is 5. The number of hydrogen-bond donors (Lipinski definition) is 0. The molecule has 8 nitrogen and oxygen atoms in total. The molecular formula is C17H18FN5O3S2. The third kappa shape index (κ3) is 3.70. The lowest BCUT2D eigenvalue weighted by molar-refractivity contribution is 0.180. The van der Waals surface area contributed by atoms with Gasteiger partial charge in [-0.15, -0.1) is 0 Å². The van der Waals surface area contributed by atoms with Gasteiger partial charge in [-0.25, -0.2) is 17.8 Å². The number of aryl methyl sites for hydroxylation is 1. The van der Waals surface area contributed by atoms with Gasteiger partial charge in [-0.1, -0.05) is 11.3 Å². The SMILES string of the molecule is Cc1nn2c(=O)cc(CN3CCN(S(=O)(=O)c4ccc(F)cc4)CC3)nc2s1. The standard InChI is InChI=1S/C17H18FN5O3S2/c1-12-20-23-16(24)10-14(19-17(23)27-12)11-21-6-8-22(9-7-21)28(25,26)15-4-2-13(18)3-5-15/h2-5,10H,6-9,11H2,1H3. The summed E-state index contributed by atoms with van der Waals surface area (Å²) in [6.45, 7) is 3.96. The second-order valence-corrected chi connectivity index (χ2v) is 9.63. The van der Waals surface area contributed by atoms with Crippen LogP contribution in [-0.2, 0) is 16.6 Å². The van der Waals surface area contributed by atoms with Crippen molar-refractivity contribution in [3.05, 3.63) is 57.2 Å². The average Bonchev–Trinajstić information content (AvgIpc) is 3.03. The van der Waals surface area contributed by atoms with E-state index in [-0.39, 0.29) is 10.5 Å². The first kappa shape index (κ1) is 19.1. The van der Waals surface area contributed by atoms with E-state index in [0.29, 0.717) is 43.4 Å². The first-order valence-corrected chi connectivity index (χ1v) is 10.9. The Balaban J connectivity index is 1.44. The summed E-state index contributed by atoms with van der Waals surface area (Å²) >= 11 is 1.35. The zero-order chi connectivity index (χ0) is 19.9. The van der Waals surface area contributed by atoms with Crippen LogP contribution >= 0.6 is 11.3 Å². The Bertz CT molecular complexity index is 1170. The van der Waals surface area contributed by atoms with Crippen LogP contribution in [-0.4, -0.2) is 58.4 Å². The van der Waals surface area contributed by atoms with E-state index in [9.17, 15) is 17.6 Å². The summed E-state index contributed by atoms with van der Waals surface area (Å²) < 4.78 is 41.1. The van der Waals surface area contributed by atoms with Gasteiger partial charge in [0.25, 0.3) is 5.56 Å². The smallest absolute Gasteiger partial charge is 0.275 e. The lowest BCUT2D eigenvalue weighted by atomic mass is 10.3. The van der Waals surface area contributed by atoms with Crippen molar-refractivity contribution in [2.24, 2.45) is 0 Å². The van der Waals surface area contributed by atoms with Crippen molar-refractivity contribution in [1.82, 2.24) is 23.8 Å². The number of fused-ring (bicyclic) bond motifs is 1. The van der Waals surface area contributed by atoms with Crippen molar-refractivity contribution < 1.29 is 12.8 Å². The van der Waals surface area contributed by atoms with Gasteiger partial charge >= 0.3 is 0 Å². The highest BCUT2D eigenvalue weighted by atomic mass is 32.2. The van der Waals surface area contributed by atoms with Crippen molar-refractivity contribution >= 4 is 26.3 Å². The van der Waals surface area contributed by atoms with E-state index in [4.69, 9.17) is 0 Å². The Labute approximate surface area is 164 Å². The van der Waals surface area contributed by atoms with E-state index < -0.39 is 15.8 Å². The molecule has 0 bridgehead atoms. The lowest BCUT2D eigenvalue weighted by Crippen LogP contribution is -2.48. The van der Waals surface area contributed by atoms with Crippen LogP contribution in [0.4, 0.5) is 4.39 Å². The molecule has 1 aliphatic rings. The molecule has 1 saturated heterocycles. The van der Waals surface area contributed by atoms with Gasteiger partial charge in [0.1, 0.15) is 10.8 Å². The number of piperazine rings is 1. The van der Waals surface area contributed by atoms with Crippen molar-refractivity contribution in [2.45, 2.75) is 18.4 Å². The molecule has 1 fully saturated rings. The van der Waals surface area contributed by atoms with Gasteiger partial charge in [-0.3, -0.25) is 9.69 Å². The molecular weight excluding hydrogens is 405 g/mol. The number of hydrogen-bond acceptors (Lipinski definition) is 7. The number of benzene rings is 1. The highest BCUT2D eigenvalue weighted by Gasteiger charge is 2.28. The van der Waals surface area contributed by atoms with Gasteiger partial charge in [-0.05, 0) is 31.2 Å². The van der Waals surface area contributed by atoms with Crippen LogP contribution < -0.4 is 5.56 Å². The first-order valence-electron chi connectivity index (χ1n) is 8.67. The highest BCUT2D eigenvalue weighted by molar-refractivity contribution is 7.89. The molecule has 1 aromatic carbocycles. The van der Waals surface area contributed by atoms with Gasteiger partial charge in [0.15, 0.2) is 0 Å². The van der Waals surface area contributed by atoms with E-state index in [0.717, 1.165) is 17.1 Å². The van der Waals surface area contributed by atoms with Crippen LogP contribution in [0.3, 0.4) is 0 Å². The molecule has 2 aromatic heterocycles. The van der Waals surface area contributed by atoms with Crippen LogP contribution in [0, 0.1) is 12.7 Å².